The highest BCUT2D eigenvalue weighted by Gasteiger charge is 2.14. The molecule has 2 amide bonds. The molecule has 0 aliphatic carbocycles. The SMILES string of the molecule is CSc1ccc(Cl)c(C(=O)NNC(=O)c2ccccc2O)c1. The molecule has 2 aromatic rings. The number of hydrogen-bond acceptors (Lipinski definition) is 4. The lowest BCUT2D eigenvalue weighted by molar-refractivity contribution is 0.0845. The fourth-order valence-corrected chi connectivity index (χ4v) is 2.36. The summed E-state index contributed by atoms with van der Waals surface area (Å²) in [6.45, 7) is 0. The number of para-hydroxylation sites is 1. The molecule has 0 radical (unpaired) electrons. The molecule has 114 valence electrons. The highest BCUT2D eigenvalue weighted by atomic mass is 35.5. The molecule has 22 heavy (non-hydrogen) atoms. The molecule has 0 spiro atoms. The molecule has 0 saturated carbocycles. The number of aromatic hydroxyl groups is 1. The lowest BCUT2D eigenvalue weighted by Gasteiger charge is -2.10. The van der Waals surface area contributed by atoms with Crippen LogP contribution in [0.3, 0.4) is 0 Å². The van der Waals surface area contributed by atoms with E-state index in [-0.39, 0.29) is 21.9 Å². The Kier molecular flexibility index (Phi) is 5.30. The van der Waals surface area contributed by atoms with Crippen LogP contribution in [-0.2, 0) is 0 Å². The van der Waals surface area contributed by atoms with Crippen molar-refractivity contribution in [1.29, 1.82) is 0 Å². The maximum atomic E-state index is 12.1. The molecule has 5 nitrogen and oxygen atoms in total. The monoisotopic (exact) mass is 336 g/mol. The van der Waals surface area contributed by atoms with Gasteiger partial charge in [0.05, 0.1) is 16.1 Å². The molecule has 0 bridgehead atoms. The van der Waals surface area contributed by atoms with Gasteiger partial charge in [-0.2, -0.15) is 0 Å². The normalized spacial score (nSPS) is 10.1. The minimum Gasteiger partial charge on any atom is -0.507 e. The zero-order valence-electron chi connectivity index (χ0n) is 11.6. The van der Waals surface area contributed by atoms with E-state index in [9.17, 15) is 14.7 Å². The molecule has 0 saturated heterocycles. The molecule has 0 aliphatic rings. The molecule has 3 N–H and O–H groups in total. The minimum atomic E-state index is -0.622. The van der Waals surface area contributed by atoms with Crippen molar-refractivity contribution in [2.45, 2.75) is 4.90 Å². The molecule has 0 aliphatic heterocycles. The van der Waals surface area contributed by atoms with Crippen molar-refractivity contribution in [3.05, 3.63) is 58.6 Å². The van der Waals surface area contributed by atoms with Crippen molar-refractivity contribution in [3.8, 4) is 5.75 Å². The van der Waals surface area contributed by atoms with E-state index in [1.807, 2.05) is 6.26 Å². The smallest absolute Gasteiger partial charge is 0.273 e. The number of thioether (sulfide) groups is 1. The third-order valence-corrected chi connectivity index (χ3v) is 3.91. The second-order valence-electron chi connectivity index (χ2n) is 4.27. The standard InChI is InChI=1S/C15H13ClN2O3S/c1-22-9-6-7-12(16)11(8-9)15(21)18-17-14(20)10-4-2-3-5-13(10)19/h2-8,19H,1H3,(H,17,20)(H,18,21). The molecule has 0 atom stereocenters. The number of phenols is 1. The minimum absolute atomic E-state index is 0.0618. The van der Waals surface area contributed by atoms with Crippen molar-refractivity contribution >= 4 is 35.2 Å². The summed E-state index contributed by atoms with van der Waals surface area (Å²) in [5.41, 5.74) is 4.83. The van der Waals surface area contributed by atoms with Crippen LogP contribution in [-0.4, -0.2) is 23.2 Å². The molecule has 0 unspecified atom stereocenters. The fraction of sp³-hybridized carbons (Fsp3) is 0.0667. The number of halogens is 1. The van der Waals surface area contributed by atoms with Crippen molar-refractivity contribution in [2.75, 3.05) is 6.26 Å². The van der Waals surface area contributed by atoms with Crippen LogP contribution >= 0.6 is 23.4 Å². The number of nitrogens with one attached hydrogen (secondary N) is 2. The Morgan fingerprint density at radius 2 is 1.68 bits per heavy atom. The van der Waals surface area contributed by atoms with Crippen LogP contribution in [0.1, 0.15) is 20.7 Å². The van der Waals surface area contributed by atoms with Crippen LogP contribution in [0.15, 0.2) is 47.4 Å². The van der Waals surface area contributed by atoms with E-state index in [0.29, 0.717) is 0 Å². The second-order valence-corrected chi connectivity index (χ2v) is 5.56. The van der Waals surface area contributed by atoms with Gasteiger partial charge < -0.3 is 5.11 Å². The number of amides is 2. The predicted molar refractivity (Wildman–Crippen MR) is 86.3 cm³/mol. The summed E-state index contributed by atoms with van der Waals surface area (Å²) < 4.78 is 0. The molecule has 0 fully saturated rings. The Labute approximate surface area is 136 Å². The van der Waals surface area contributed by atoms with Gasteiger partial charge in [0.2, 0.25) is 0 Å². The average Bonchev–Trinajstić information content (AvgIpc) is 2.53. The lowest BCUT2D eigenvalue weighted by atomic mass is 10.2. The highest BCUT2D eigenvalue weighted by Crippen LogP contribution is 2.22. The summed E-state index contributed by atoms with van der Waals surface area (Å²) in [7, 11) is 0. The number of benzene rings is 2. The molecule has 2 rings (SSSR count). The Balaban J connectivity index is 2.07. The average molecular weight is 337 g/mol. The second kappa shape index (κ2) is 7.20. The fourth-order valence-electron chi connectivity index (χ4n) is 1.72. The van der Waals surface area contributed by atoms with E-state index in [2.05, 4.69) is 10.9 Å². The van der Waals surface area contributed by atoms with Gasteiger partial charge in [-0.3, -0.25) is 20.4 Å². The van der Waals surface area contributed by atoms with Gasteiger partial charge in [0, 0.05) is 4.90 Å². The van der Waals surface area contributed by atoms with Crippen molar-refractivity contribution < 1.29 is 14.7 Å². The van der Waals surface area contributed by atoms with Crippen molar-refractivity contribution in [1.82, 2.24) is 10.9 Å². The summed E-state index contributed by atoms with van der Waals surface area (Å²) in [4.78, 5) is 24.8. The van der Waals surface area contributed by atoms with Gasteiger partial charge in [0.15, 0.2) is 0 Å². The van der Waals surface area contributed by atoms with E-state index >= 15 is 0 Å². The first-order valence-corrected chi connectivity index (χ1v) is 7.85. The molecular weight excluding hydrogens is 324 g/mol. The van der Waals surface area contributed by atoms with Gasteiger partial charge >= 0.3 is 0 Å². The summed E-state index contributed by atoms with van der Waals surface area (Å²) in [5.74, 6) is -1.33. The Morgan fingerprint density at radius 3 is 2.32 bits per heavy atom. The summed E-state index contributed by atoms with van der Waals surface area (Å²) in [5, 5.41) is 9.86. The van der Waals surface area contributed by atoms with Crippen LogP contribution in [0.4, 0.5) is 0 Å². The molecule has 7 heteroatoms. The number of hydrazine groups is 1. The van der Waals surface area contributed by atoms with E-state index < -0.39 is 11.8 Å². The predicted octanol–water partition coefficient (Wildman–Crippen LogP) is 2.84. The number of rotatable bonds is 3. The molecular formula is C15H13ClN2O3S. The highest BCUT2D eigenvalue weighted by molar-refractivity contribution is 7.98. The van der Waals surface area contributed by atoms with Crippen molar-refractivity contribution in [3.63, 3.8) is 0 Å². The first-order chi connectivity index (χ1) is 10.5. The van der Waals surface area contributed by atoms with E-state index in [1.165, 1.54) is 23.9 Å². The van der Waals surface area contributed by atoms with Gasteiger partial charge in [0.25, 0.3) is 11.8 Å². The summed E-state index contributed by atoms with van der Waals surface area (Å²) in [6.07, 6.45) is 1.88. The maximum Gasteiger partial charge on any atom is 0.273 e. The van der Waals surface area contributed by atoms with E-state index in [0.717, 1.165) is 4.90 Å². The van der Waals surface area contributed by atoms with Gasteiger partial charge in [-0.15, -0.1) is 11.8 Å². The third kappa shape index (κ3) is 3.72. The summed E-state index contributed by atoms with van der Waals surface area (Å²) >= 11 is 7.46. The van der Waals surface area contributed by atoms with Crippen LogP contribution < -0.4 is 10.9 Å². The van der Waals surface area contributed by atoms with Crippen LogP contribution in [0.5, 0.6) is 5.75 Å². The Bertz CT molecular complexity index is 722. The van der Waals surface area contributed by atoms with Crippen LogP contribution in [0.25, 0.3) is 0 Å². The Morgan fingerprint density at radius 1 is 1.05 bits per heavy atom. The third-order valence-electron chi connectivity index (χ3n) is 2.86. The van der Waals surface area contributed by atoms with E-state index in [4.69, 9.17) is 11.6 Å². The van der Waals surface area contributed by atoms with Crippen LogP contribution in [0, 0.1) is 0 Å². The van der Waals surface area contributed by atoms with Crippen molar-refractivity contribution in [2.24, 2.45) is 0 Å². The zero-order valence-corrected chi connectivity index (χ0v) is 13.2. The van der Waals surface area contributed by atoms with Gasteiger partial charge in [-0.25, -0.2) is 0 Å². The van der Waals surface area contributed by atoms with Gasteiger partial charge in [0.1, 0.15) is 5.75 Å². The van der Waals surface area contributed by atoms with Crippen LogP contribution in [0.2, 0.25) is 5.02 Å². The number of carbonyl (C=O) groups is 2. The van der Waals surface area contributed by atoms with Gasteiger partial charge in [-0.05, 0) is 36.6 Å². The van der Waals surface area contributed by atoms with E-state index in [1.54, 1.807) is 30.3 Å². The van der Waals surface area contributed by atoms with Gasteiger partial charge in [-0.1, -0.05) is 23.7 Å². The molecule has 0 aromatic heterocycles. The molecule has 0 heterocycles. The maximum absolute atomic E-state index is 12.1. The first kappa shape index (κ1) is 16.2. The summed E-state index contributed by atoms with van der Waals surface area (Å²) in [6, 6.07) is 11.1. The lowest BCUT2D eigenvalue weighted by Crippen LogP contribution is -2.41. The number of carbonyl (C=O) groups excluding carboxylic acids is 2. The zero-order chi connectivity index (χ0) is 16.1. The first-order valence-electron chi connectivity index (χ1n) is 6.25. The number of hydrogen-bond donors (Lipinski definition) is 3. The number of phenolic OH excluding ortho intramolecular Hbond substituents is 1. The largest absolute Gasteiger partial charge is 0.507 e. The quantitative estimate of drug-likeness (QED) is 0.595. The Hall–Kier alpha value is -2.18. The molecule has 2 aromatic carbocycles. The topological polar surface area (TPSA) is 78.4 Å².